The summed E-state index contributed by atoms with van der Waals surface area (Å²) < 4.78 is 0. The van der Waals surface area contributed by atoms with E-state index in [1.807, 2.05) is 42.5 Å². The van der Waals surface area contributed by atoms with Crippen molar-refractivity contribution >= 4 is 33.7 Å². The first kappa shape index (κ1) is 16.8. The molecule has 0 bridgehead atoms. The Morgan fingerprint density at radius 1 is 1.04 bits per heavy atom. The molecule has 0 aliphatic heterocycles. The molecule has 0 aliphatic rings. The molecule has 0 saturated heterocycles. The molecule has 2 aromatic carbocycles. The molecule has 0 unspecified atom stereocenters. The minimum atomic E-state index is -1.08. The summed E-state index contributed by atoms with van der Waals surface area (Å²) >= 11 is 0. The number of carbonyl (C=O) groups excluding carboxylic acids is 1. The SMILES string of the molecule is O=C(N[C@@H](Cc1c[nH]c2ccccc12)C(=O)O)c1ccnc2ccccc12. The molecule has 1 atom stereocenters. The zero-order valence-electron chi connectivity index (χ0n) is 14.3. The Balaban J connectivity index is 1.61. The third-order valence-electron chi connectivity index (χ3n) is 4.60. The second-order valence-electron chi connectivity index (χ2n) is 6.30. The van der Waals surface area contributed by atoms with Crippen LogP contribution in [0.15, 0.2) is 67.0 Å². The van der Waals surface area contributed by atoms with Gasteiger partial charge in [0.25, 0.3) is 5.91 Å². The van der Waals surface area contributed by atoms with Crippen LogP contribution in [0.2, 0.25) is 0 Å². The second kappa shape index (κ2) is 6.92. The quantitative estimate of drug-likeness (QED) is 0.510. The maximum Gasteiger partial charge on any atom is 0.326 e. The Labute approximate surface area is 154 Å². The fraction of sp³-hybridized carbons (Fsp3) is 0.0952. The molecule has 6 nitrogen and oxygen atoms in total. The van der Waals surface area contributed by atoms with Gasteiger partial charge in [0, 0.05) is 35.1 Å². The fourth-order valence-electron chi connectivity index (χ4n) is 3.25. The molecule has 6 heteroatoms. The third-order valence-corrected chi connectivity index (χ3v) is 4.60. The van der Waals surface area contributed by atoms with Crippen LogP contribution >= 0.6 is 0 Å². The molecule has 0 saturated carbocycles. The minimum absolute atomic E-state index is 0.189. The number of nitrogens with zero attached hydrogens (tertiary/aromatic N) is 1. The number of amides is 1. The number of carbonyl (C=O) groups is 2. The summed E-state index contributed by atoms with van der Waals surface area (Å²) in [7, 11) is 0. The molecule has 134 valence electrons. The number of aromatic nitrogens is 2. The summed E-state index contributed by atoms with van der Waals surface area (Å²) in [6.07, 6.45) is 3.52. The van der Waals surface area contributed by atoms with Gasteiger partial charge in [-0.05, 0) is 23.8 Å². The number of carboxylic acids is 1. The molecule has 2 heterocycles. The van der Waals surface area contributed by atoms with E-state index in [0.29, 0.717) is 16.5 Å². The van der Waals surface area contributed by atoms with Gasteiger partial charge in [-0.2, -0.15) is 0 Å². The molecule has 2 aromatic heterocycles. The zero-order chi connectivity index (χ0) is 18.8. The van der Waals surface area contributed by atoms with Gasteiger partial charge in [0.1, 0.15) is 6.04 Å². The number of pyridine rings is 1. The Kier molecular flexibility index (Phi) is 4.30. The van der Waals surface area contributed by atoms with E-state index in [0.717, 1.165) is 16.5 Å². The third kappa shape index (κ3) is 3.25. The summed E-state index contributed by atoms with van der Waals surface area (Å²) in [5.41, 5.74) is 2.88. The number of benzene rings is 2. The summed E-state index contributed by atoms with van der Waals surface area (Å²) in [4.78, 5) is 31.9. The van der Waals surface area contributed by atoms with Crippen molar-refractivity contribution < 1.29 is 14.7 Å². The lowest BCUT2D eigenvalue weighted by molar-refractivity contribution is -0.139. The van der Waals surface area contributed by atoms with Crippen molar-refractivity contribution in [2.45, 2.75) is 12.5 Å². The molecule has 27 heavy (non-hydrogen) atoms. The molecular formula is C21H17N3O3. The Morgan fingerprint density at radius 2 is 1.78 bits per heavy atom. The largest absolute Gasteiger partial charge is 0.480 e. The smallest absolute Gasteiger partial charge is 0.326 e. The Morgan fingerprint density at radius 3 is 2.59 bits per heavy atom. The van der Waals surface area contributed by atoms with Crippen LogP contribution < -0.4 is 5.32 Å². The number of aromatic amines is 1. The highest BCUT2D eigenvalue weighted by Gasteiger charge is 2.23. The summed E-state index contributed by atoms with van der Waals surface area (Å²) in [6, 6.07) is 15.5. The summed E-state index contributed by atoms with van der Waals surface area (Å²) in [6.45, 7) is 0. The van der Waals surface area contributed by atoms with Crippen LogP contribution in [-0.4, -0.2) is 33.0 Å². The van der Waals surface area contributed by atoms with Crippen LogP contribution in [0.4, 0.5) is 0 Å². The van der Waals surface area contributed by atoms with Gasteiger partial charge in [-0.1, -0.05) is 36.4 Å². The molecule has 3 N–H and O–H groups in total. The first-order chi connectivity index (χ1) is 13.1. The van der Waals surface area contributed by atoms with Crippen LogP contribution in [0.1, 0.15) is 15.9 Å². The number of para-hydroxylation sites is 2. The number of rotatable bonds is 5. The van der Waals surface area contributed by atoms with Crippen molar-refractivity contribution in [2.75, 3.05) is 0 Å². The maximum absolute atomic E-state index is 12.8. The molecule has 4 aromatic rings. The number of H-pyrrole nitrogens is 1. The first-order valence-electron chi connectivity index (χ1n) is 8.56. The van der Waals surface area contributed by atoms with Crippen LogP contribution in [0.5, 0.6) is 0 Å². The number of hydrogen-bond donors (Lipinski definition) is 3. The van der Waals surface area contributed by atoms with Crippen molar-refractivity contribution in [2.24, 2.45) is 0 Å². The lowest BCUT2D eigenvalue weighted by Crippen LogP contribution is -2.42. The molecule has 1 amide bonds. The average molecular weight is 359 g/mol. The lowest BCUT2D eigenvalue weighted by Gasteiger charge is -2.15. The first-order valence-corrected chi connectivity index (χ1v) is 8.56. The van der Waals surface area contributed by atoms with Gasteiger partial charge in [0.2, 0.25) is 0 Å². The van der Waals surface area contributed by atoms with E-state index in [4.69, 9.17) is 0 Å². The normalized spacial score (nSPS) is 12.1. The summed E-state index contributed by atoms with van der Waals surface area (Å²) in [5, 5.41) is 13.9. The topological polar surface area (TPSA) is 95.1 Å². The van der Waals surface area contributed by atoms with Crippen LogP contribution in [-0.2, 0) is 11.2 Å². The number of hydrogen-bond acceptors (Lipinski definition) is 3. The lowest BCUT2D eigenvalue weighted by atomic mass is 10.0. The van der Waals surface area contributed by atoms with Gasteiger partial charge in [-0.3, -0.25) is 9.78 Å². The van der Waals surface area contributed by atoms with Crippen LogP contribution in [0.25, 0.3) is 21.8 Å². The van der Waals surface area contributed by atoms with E-state index in [9.17, 15) is 14.7 Å². The highest BCUT2D eigenvalue weighted by Crippen LogP contribution is 2.20. The van der Waals surface area contributed by atoms with E-state index in [2.05, 4.69) is 15.3 Å². The number of carboxylic acid groups (broad SMARTS) is 1. The number of aliphatic carboxylic acids is 1. The van der Waals surface area contributed by atoms with E-state index < -0.39 is 17.9 Å². The van der Waals surface area contributed by atoms with Crippen molar-refractivity contribution in [3.63, 3.8) is 0 Å². The standard InChI is InChI=1S/C21H17N3O3/c25-20(16-9-10-22-18-8-4-2-6-15(16)18)24-19(21(26)27)11-13-12-23-17-7-3-1-5-14(13)17/h1-10,12,19,23H,11H2,(H,24,25)(H,26,27)/t19-/m0/s1. The maximum atomic E-state index is 12.8. The monoisotopic (exact) mass is 359 g/mol. The Bertz CT molecular complexity index is 1140. The van der Waals surface area contributed by atoms with E-state index >= 15 is 0 Å². The van der Waals surface area contributed by atoms with Gasteiger partial charge >= 0.3 is 5.97 Å². The van der Waals surface area contributed by atoms with Gasteiger partial charge in [-0.25, -0.2) is 4.79 Å². The highest BCUT2D eigenvalue weighted by molar-refractivity contribution is 6.07. The average Bonchev–Trinajstić information content (AvgIpc) is 3.10. The van der Waals surface area contributed by atoms with Crippen molar-refractivity contribution in [1.82, 2.24) is 15.3 Å². The molecule has 0 spiro atoms. The van der Waals surface area contributed by atoms with Crippen molar-refractivity contribution in [3.05, 3.63) is 78.1 Å². The Hall–Kier alpha value is -3.67. The highest BCUT2D eigenvalue weighted by atomic mass is 16.4. The van der Waals surface area contributed by atoms with Gasteiger partial charge < -0.3 is 15.4 Å². The predicted octanol–water partition coefficient (Wildman–Crippen LogP) is 3.14. The van der Waals surface area contributed by atoms with E-state index in [-0.39, 0.29) is 6.42 Å². The second-order valence-corrected chi connectivity index (χ2v) is 6.30. The molecule has 4 rings (SSSR count). The van der Waals surface area contributed by atoms with Crippen molar-refractivity contribution in [1.29, 1.82) is 0 Å². The predicted molar refractivity (Wildman–Crippen MR) is 103 cm³/mol. The number of nitrogens with one attached hydrogen (secondary N) is 2. The molecular weight excluding hydrogens is 342 g/mol. The summed E-state index contributed by atoms with van der Waals surface area (Å²) in [5.74, 6) is -1.51. The van der Waals surface area contributed by atoms with Crippen LogP contribution in [0, 0.1) is 0 Å². The molecule has 0 radical (unpaired) electrons. The number of fused-ring (bicyclic) bond motifs is 2. The molecule has 0 aliphatic carbocycles. The van der Waals surface area contributed by atoms with Gasteiger partial charge in [-0.15, -0.1) is 0 Å². The zero-order valence-corrected chi connectivity index (χ0v) is 14.3. The minimum Gasteiger partial charge on any atom is -0.480 e. The van der Waals surface area contributed by atoms with E-state index in [1.54, 1.807) is 24.5 Å². The van der Waals surface area contributed by atoms with Crippen molar-refractivity contribution in [3.8, 4) is 0 Å². The van der Waals surface area contributed by atoms with Crippen LogP contribution in [0.3, 0.4) is 0 Å². The van der Waals surface area contributed by atoms with Gasteiger partial charge in [0.05, 0.1) is 11.1 Å². The fourth-order valence-corrected chi connectivity index (χ4v) is 3.25. The van der Waals surface area contributed by atoms with E-state index in [1.165, 1.54) is 0 Å². The molecule has 0 fully saturated rings. The van der Waals surface area contributed by atoms with Gasteiger partial charge in [0.15, 0.2) is 0 Å².